The summed E-state index contributed by atoms with van der Waals surface area (Å²) in [5.74, 6) is 0. The number of hydrogen-bond acceptors (Lipinski definition) is 3. The van der Waals surface area contributed by atoms with Gasteiger partial charge in [0.2, 0.25) is 0 Å². The Morgan fingerprint density at radius 1 is 1.42 bits per heavy atom. The van der Waals surface area contributed by atoms with Crippen LogP contribution < -0.4 is 5.73 Å². The summed E-state index contributed by atoms with van der Waals surface area (Å²) in [5.41, 5.74) is 5.46. The Kier molecular flexibility index (Phi) is 3.98. The lowest BCUT2D eigenvalue weighted by Gasteiger charge is -2.34. The van der Waals surface area contributed by atoms with Gasteiger partial charge >= 0.3 is 0 Å². The number of hydrogen-bond donors (Lipinski definition) is 2. The SMILES string of the molecule is CN(CCN)C1CCCCC1O. The lowest BCUT2D eigenvalue weighted by Crippen LogP contribution is -2.45. The number of rotatable bonds is 3. The van der Waals surface area contributed by atoms with Gasteiger partial charge in [0, 0.05) is 19.1 Å². The number of aliphatic hydroxyl groups is 1. The van der Waals surface area contributed by atoms with E-state index in [2.05, 4.69) is 4.90 Å². The van der Waals surface area contributed by atoms with Crippen molar-refractivity contribution in [2.75, 3.05) is 20.1 Å². The summed E-state index contributed by atoms with van der Waals surface area (Å²) in [6.07, 6.45) is 4.37. The Hall–Kier alpha value is -0.120. The highest BCUT2D eigenvalue weighted by molar-refractivity contribution is 4.81. The highest BCUT2D eigenvalue weighted by atomic mass is 16.3. The maximum Gasteiger partial charge on any atom is 0.0695 e. The van der Waals surface area contributed by atoms with E-state index in [1.165, 1.54) is 12.8 Å². The van der Waals surface area contributed by atoms with Gasteiger partial charge in [-0.15, -0.1) is 0 Å². The van der Waals surface area contributed by atoms with Crippen LogP contribution in [-0.2, 0) is 0 Å². The monoisotopic (exact) mass is 172 g/mol. The normalized spacial score (nSPS) is 31.0. The first-order valence-corrected chi connectivity index (χ1v) is 4.84. The largest absolute Gasteiger partial charge is 0.391 e. The summed E-state index contributed by atoms with van der Waals surface area (Å²) < 4.78 is 0. The first-order chi connectivity index (χ1) is 5.75. The fourth-order valence-corrected chi connectivity index (χ4v) is 1.98. The molecule has 2 atom stereocenters. The van der Waals surface area contributed by atoms with Crippen LogP contribution >= 0.6 is 0 Å². The fourth-order valence-electron chi connectivity index (χ4n) is 1.98. The first kappa shape index (κ1) is 9.96. The van der Waals surface area contributed by atoms with Crippen molar-refractivity contribution in [2.24, 2.45) is 5.73 Å². The summed E-state index contributed by atoms with van der Waals surface area (Å²) >= 11 is 0. The van der Waals surface area contributed by atoms with Crippen molar-refractivity contribution in [1.82, 2.24) is 4.90 Å². The van der Waals surface area contributed by atoms with Crippen LogP contribution in [0.25, 0.3) is 0 Å². The van der Waals surface area contributed by atoms with Crippen molar-refractivity contribution in [3.63, 3.8) is 0 Å². The predicted octanol–water partition coefficient (Wildman–Crippen LogP) is 0.180. The van der Waals surface area contributed by atoms with Gasteiger partial charge in [-0.2, -0.15) is 0 Å². The summed E-state index contributed by atoms with van der Waals surface area (Å²) in [4.78, 5) is 2.18. The van der Waals surface area contributed by atoms with Gasteiger partial charge in [-0.1, -0.05) is 12.8 Å². The lowest BCUT2D eigenvalue weighted by atomic mass is 9.92. The van der Waals surface area contributed by atoms with E-state index in [1.807, 2.05) is 7.05 Å². The molecule has 0 heterocycles. The molecule has 2 unspecified atom stereocenters. The molecule has 1 saturated carbocycles. The van der Waals surface area contributed by atoms with Crippen LogP contribution in [0.15, 0.2) is 0 Å². The molecular formula is C9H20N2O. The van der Waals surface area contributed by atoms with Crippen LogP contribution in [0.3, 0.4) is 0 Å². The Morgan fingerprint density at radius 3 is 2.67 bits per heavy atom. The van der Waals surface area contributed by atoms with Crippen molar-refractivity contribution in [3.05, 3.63) is 0 Å². The molecule has 3 nitrogen and oxygen atoms in total. The number of likely N-dealkylation sites (N-methyl/N-ethyl adjacent to an activating group) is 1. The first-order valence-electron chi connectivity index (χ1n) is 4.84. The molecule has 0 aromatic heterocycles. The van der Waals surface area contributed by atoms with Crippen LogP contribution in [0, 0.1) is 0 Å². The van der Waals surface area contributed by atoms with E-state index in [1.54, 1.807) is 0 Å². The molecule has 0 amide bonds. The van der Waals surface area contributed by atoms with Crippen molar-refractivity contribution < 1.29 is 5.11 Å². The molecule has 0 spiro atoms. The molecule has 1 fully saturated rings. The molecule has 12 heavy (non-hydrogen) atoms. The zero-order valence-electron chi connectivity index (χ0n) is 7.87. The molecular weight excluding hydrogens is 152 g/mol. The van der Waals surface area contributed by atoms with Crippen LogP contribution in [0.5, 0.6) is 0 Å². The zero-order chi connectivity index (χ0) is 8.97. The highest BCUT2D eigenvalue weighted by Crippen LogP contribution is 2.21. The topological polar surface area (TPSA) is 49.5 Å². The fraction of sp³-hybridized carbons (Fsp3) is 1.00. The van der Waals surface area contributed by atoms with E-state index in [-0.39, 0.29) is 6.10 Å². The quantitative estimate of drug-likeness (QED) is 0.638. The summed E-state index contributed by atoms with van der Waals surface area (Å²) in [6, 6.07) is 0.349. The Labute approximate surface area is 74.5 Å². The van der Waals surface area contributed by atoms with Gasteiger partial charge in [-0.25, -0.2) is 0 Å². The minimum atomic E-state index is -0.129. The van der Waals surface area contributed by atoms with Crippen molar-refractivity contribution in [1.29, 1.82) is 0 Å². The standard InChI is InChI=1S/C9H20N2O/c1-11(7-6-10)8-4-2-3-5-9(8)12/h8-9,12H,2-7,10H2,1H3. The predicted molar refractivity (Wildman–Crippen MR) is 49.9 cm³/mol. The van der Waals surface area contributed by atoms with Crippen LogP contribution in [0.4, 0.5) is 0 Å². The summed E-state index contributed by atoms with van der Waals surface area (Å²) in [5, 5.41) is 9.68. The second-order valence-corrected chi connectivity index (χ2v) is 3.69. The number of nitrogens with two attached hydrogens (primary N) is 1. The van der Waals surface area contributed by atoms with Crippen molar-refractivity contribution in [3.8, 4) is 0 Å². The zero-order valence-corrected chi connectivity index (χ0v) is 7.87. The van der Waals surface area contributed by atoms with Crippen LogP contribution in [-0.4, -0.2) is 42.3 Å². The molecule has 1 rings (SSSR count). The third-order valence-corrected chi connectivity index (χ3v) is 2.74. The molecule has 0 saturated heterocycles. The Morgan fingerprint density at radius 2 is 2.08 bits per heavy atom. The second kappa shape index (κ2) is 4.80. The van der Waals surface area contributed by atoms with E-state index in [4.69, 9.17) is 5.73 Å². The third kappa shape index (κ3) is 2.44. The maximum atomic E-state index is 9.68. The molecule has 0 aliphatic heterocycles. The average Bonchev–Trinajstić information content (AvgIpc) is 2.05. The van der Waals surface area contributed by atoms with E-state index < -0.39 is 0 Å². The molecule has 3 heteroatoms. The minimum Gasteiger partial charge on any atom is -0.391 e. The van der Waals surface area contributed by atoms with Gasteiger partial charge in [0.25, 0.3) is 0 Å². The van der Waals surface area contributed by atoms with Gasteiger partial charge in [0.15, 0.2) is 0 Å². The molecule has 0 aromatic carbocycles. The maximum absolute atomic E-state index is 9.68. The molecule has 72 valence electrons. The minimum absolute atomic E-state index is 0.129. The van der Waals surface area contributed by atoms with Crippen molar-refractivity contribution in [2.45, 2.75) is 37.8 Å². The lowest BCUT2D eigenvalue weighted by molar-refractivity contribution is 0.0336. The van der Waals surface area contributed by atoms with Gasteiger partial charge in [-0.3, -0.25) is 4.90 Å². The molecule has 1 aliphatic carbocycles. The average molecular weight is 172 g/mol. The van der Waals surface area contributed by atoms with Crippen LogP contribution in [0.1, 0.15) is 25.7 Å². The van der Waals surface area contributed by atoms with E-state index in [0.29, 0.717) is 12.6 Å². The van der Waals surface area contributed by atoms with Gasteiger partial charge in [-0.05, 0) is 19.9 Å². The van der Waals surface area contributed by atoms with Gasteiger partial charge in [0.1, 0.15) is 0 Å². The number of nitrogens with zero attached hydrogens (tertiary/aromatic N) is 1. The smallest absolute Gasteiger partial charge is 0.0695 e. The van der Waals surface area contributed by atoms with E-state index >= 15 is 0 Å². The van der Waals surface area contributed by atoms with Gasteiger partial charge in [0.05, 0.1) is 6.10 Å². The summed E-state index contributed by atoms with van der Waals surface area (Å²) in [6.45, 7) is 1.57. The number of aliphatic hydroxyl groups excluding tert-OH is 1. The Bertz CT molecular complexity index is 130. The molecule has 1 aliphatic rings. The molecule has 0 bridgehead atoms. The molecule has 0 radical (unpaired) electrons. The van der Waals surface area contributed by atoms with Crippen molar-refractivity contribution >= 4 is 0 Å². The van der Waals surface area contributed by atoms with E-state index in [0.717, 1.165) is 19.4 Å². The Balaban J connectivity index is 2.36. The molecule has 3 N–H and O–H groups in total. The van der Waals surface area contributed by atoms with E-state index in [9.17, 15) is 5.11 Å². The van der Waals surface area contributed by atoms with Crippen LogP contribution in [0.2, 0.25) is 0 Å². The third-order valence-electron chi connectivity index (χ3n) is 2.74. The molecule has 0 aromatic rings. The van der Waals surface area contributed by atoms with Gasteiger partial charge < -0.3 is 10.8 Å². The summed E-state index contributed by atoms with van der Waals surface area (Å²) in [7, 11) is 2.05. The highest BCUT2D eigenvalue weighted by Gasteiger charge is 2.25. The second-order valence-electron chi connectivity index (χ2n) is 3.69.